The minimum Gasteiger partial charge on any atom is -0.493 e. The van der Waals surface area contributed by atoms with Crippen molar-refractivity contribution in [1.29, 1.82) is 0 Å². The molecule has 1 aromatic heterocycles. The highest BCUT2D eigenvalue weighted by atomic mass is 32.1. The van der Waals surface area contributed by atoms with Crippen LogP contribution >= 0.6 is 11.3 Å². The van der Waals surface area contributed by atoms with Crippen molar-refractivity contribution >= 4 is 28.2 Å². The minimum atomic E-state index is -0.0998. The van der Waals surface area contributed by atoms with Crippen LogP contribution in [0.4, 0.5) is 10.9 Å². The van der Waals surface area contributed by atoms with Crippen LogP contribution in [0, 0.1) is 0 Å². The highest BCUT2D eigenvalue weighted by Crippen LogP contribution is 2.47. The van der Waals surface area contributed by atoms with Gasteiger partial charge < -0.3 is 20.1 Å². The fourth-order valence-electron chi connectivity index (χ4n) is 2.81. The number of fused-ring (bicyclic) bond motifs is 1. The van der Waals surface area contributed by atoms with E-state index < -0.39 is 0 Å². The van der Waals surface area contributed by atoms with Crippen LogP contribution in [0.5, 0.6) is 11.5 Å². The molecule has 128 valence electrons. The number of carbonyl (C=O) groups excluding carboxylic acids is 1. The van der Waals surface area contributed by atoms with Crippen molar-refractivity contribution in [3.63, 3.8) is 0 Å². The molecule has 0 bridgehead atoms. The Morgan fingerprint density at radius 3 is 2.88 bits per heavy atom. The molecule has 7 heteroatoms. The second-order valence-electron chi connectivity index (χ2n) is 5.83. The van der Waals surface area contributed by atoms with Gasteiger partial charge in [-0.1, -0.05) is 23.5 Å². The van der Waals surface area contributed by atoms with E-state index in [1.165, 1.54) is 0 Å². The first-order chi connectivity index (χ1) is 11.5. The molecule has 1 aliphatic heterocycles. The maximum atomic E-state index is 12.2. The average molecular weight is 347 g/mol. The van der Waals surface area contributed by atoms with E-state index in [0.29, 0.717) is 23.7 Å². The normalized spacial score (nSPS) is 16.5. The second-order valence-corrected chi connectivity index (χ2v) is 6.86. The first-order valence-corrected chi connectivity index (χ1v) is 8.67. The van der Waals surface area contributed by atoms with Gasteiger partial charge in [-0.15, -0.1) is 0 Å². The predicted octanol–water partition coefficient (Wildman–Crippen LogP) is 3.45. The zero-order valence-corrected chi connectivity index (χ0v) is 15.0. The number of benzene rings is 1. The third-order valence-electron chi connectivity index (χ3n) is 3.79. The van der Waals surface area contributed by atoms with Crippen LogP contribution in [0.3, 0.4) is 0 Å². The molecule has 1 unspecified atom stereocenters. The Kier molecular flexibility index (Phi) is 4.62. The number of anilines is 2. The van der Waals surface area contributed by atoms with E-state index in [-0.39, 0.29) is 17.9 Å². The Morgan fingerprint density at radius 1 is 1.42 bits per heavy atom. The Hall–Kier alpha value is -2.28. The first kappa shape index (κ1) is 16.6. The molecule has 24 heavy (non-hydrogen) atoms. The van der Waals surface area contributed by atoms with Gasteiger partial charge in [-0.3, -0.25) is 4.79 Å². The summed E-state index contributed by atoms with van der Waals surface area (Å²) in [6.07, 6.45) is 0.367. The maximum absolute atomic E-state index is 12.2. The smallest absolute Gasteiger partial charge is 0.226 e. The summed E-state index contributed by atoms with van der Waals surface area (Å²) in [6, 6.07) is 5.79. The standard InChI is InChI=1S/C17H21N3O3S/c1-9(2)23-14-10(6-5-7-12(14)22-4)11-8-13(21)19-16-15(11)24-17(18-3)20-16/h5-7,9,11H,8H2,1-4H3,(H,18,20)(H,19,21). The number of nitrogens with one attached hydrogen (secondary N) is 2. The molecule has 3 rings (SSSR count). The summed E-state index contributed by atoms with van der Waals surface area (Å²) >= 11 is 1.55. The molecule has 1 aromatic carbocycles. The molecule has 2 heterocycles. The van der Waals surface area contributed by atoms with E-state index in [9.17, 15) is 4.79 Å². The van der Waals surface area contributed by atoms with Gasteiger partial charge in [0.05, 0.1) is 18.1 Å². The topological polar surface area (TPSA) is 72.5 Å². The fourth-order valence-corrected chi connectivity index (χ4v) is 3.80. The van der Waals surface area contributed by atoms with E-state index in [2.05, 4.69) is 15.6 Å². The van der Waals surface area contributed by atoms with E-state index >= 15 is 0 Å². The first-order valence-electron chi connectivity index (χ1n) is 7.85. The zero-order chi connectivity index (χ0) is 17.3. The summed E-state index contributed by atoms with van der Waals surface area (Å²) in [5.74, 6) is 1.85. The number of para-hydroxylation sites is 1. The average Bonchev–Trinajstić information content (AvgIpc) is 2.96. The van der Waals surface area contributed by atoms with Crippen molar-refractivity contribution in [2.45, 2.75) is 32.3 Å². The molecule has 0 saturated carbocycles. The number of hydrogen-bond donors (Lipinski definition) is 2. The van der Waals surface area contributed by atoms with Crippen molar-refractivity contribution < 1.29 is 14.3 Å². The van der Waals surface area contributed by atoms with Gasteiger partial charge in [0, 0.05) is 24.9 Å². The Balaban J connectivity index is 2.12. The molecule has 6 nitrogen and oxygen atoms in total. The van der Waals surface area contributed by atoms with Crippen LogP contribution in [0.15, 0.2) is 18.2 Å². The van der Waals surface area contributed by atoms with Gasteiger partial charge in [-0.25, -0.2) is 4.98 Å². The van der Waals surface area contributed by atoms with E-state index in [1.54, 1.807) is 18.4 Å². The van der Waals surface area contributed by atoms with Gasteiger partial charge in [0.25, 0.3) is 0 Å². The van der Waals surface area contributed by atoms with Crippen LogP contribution < -0.4 is 20.1 Å². The van der Waals surface area contributed by atoms with Crippen molar-refractivity contribution in [3.8, 4) is 11.5 Å². The van der Waals surface area contributed by atoms with Crippen molar-refractivity contribution in [1.82, 2.24) is 4.98 Å². The predicted molar refractivity (Wildman–Crippen MR) is 95.5 cm³/mol. The van der Waals surface area contributed by atoms with Crippen molar-refractivity contribution in [2.24, 2.45) is 0 Å². The van der Waals surface area contributed by atoms with Gasteiger partial charge in [0.15, 0.2) is 16.6 Å². The molecule has 0 fully saturated rings. The molecule has 0 saturated heterocycles. The molecule has 1 amide bonds. The highest BCUT2D eigenvalue weighted by Gasteiger charge is 2.33. The summed E-state index contributed by atoms with van der Waals surface area (Å²) in [6.45, 7) is 3.95. The largest absolute Gasteiger partial charge is 0.493 e. The van der Waals surface area contributed by atoms with E-state index in [4.69, 9.17) is 9.47 Å². The van der Waals surface area contributed by atoms with Crippen LogP contribution in [0.25, 0.3) is 0 Å². The number of amides is 1. The lowest BCUT2D eigenvalue weighted by molar-refractivity contribution is -0.116. The lowest BCUT2D eigenvalue weighted by atomic mass is 9.90. The minimum absolute atomic E-state index is 0.00580. The lowest BCUT2D eigenvalue weighted by Gasteiger charge is -2.25. The summed E-state index contributed by atoms with van der Waals surface area (Å²) in [7, 11) is 3.44. The second kappa shape index (κ2) is 6.68. The number of carbonyl (C=O) groups is 1. The van der Waals surface area contributed by atoms with Gasteiger partial charge in [0.1, 0.15) is 5.82 Å². The number of rotatable bonds is 5. The molecule has 1 atom stereocenters. The van der Waals surface area contributed by atoms with Gasteiger partial charge in [-0.05, 0) is 19.9 Å². The SMILES string of the molecule is CNc1nc2c(s1)C(c1cccc(OC)c1OC(C)C)CC(=O)N2. The van der Waals surface area contributed by atoms with Crippen LogP contribution in [0.2, 0.25) is 0 Å². The summed E-state index contributed by atoms with van der Waals surface area (Å²) in [4.78, 5) is 17.6. The molecule has 0 aliphatic carbocycles. The Bertz CT molecular complexity index is 758. The number of ether oxygens (including phenoxy) is 2. The zero-order valence-electron chi connectivity index (χ0n) is 14.2. The molecule has 2 aromatic rings. The molecular weight excluding hydrogens is 326 g/mol. The fraction of sp³-hybridized carbons (Fsp3) is 0.412. The van der Waals surface area contributed by atoms with Gasteiger partial charge in [-0.2, -0.15) is 0 Å². The summed E-state index contributed by atoms with van der Waals surface area (Å²) in [5.41, 5.74) is 0.949. The van der Waals surface area contributed by atoms with Crippen LogP contribution in [-0.4, -0.2) is 31.2 Å². The Morgan fingerprint density at radius 2 is 2.21 bits per heavy atom. The number of methoxy groups -OCH3 is 1. The maximum Gasteiger partial charge on any atom is 0.226 e. The Labute approximate surface area is 145 Å². The summed E-state index contributed by atoms with van der Waals surface area (Å²) < 4.78 is 11.5. The third kappa shape index (κ3) is 3.03. The third-order valence-corrected chi connectivity index (χ3v) is 4.98. The molecular formula is C17H21N3O3S. The van der Waals surface area contributed by atoms with Gasteiger partial charge >= 0.3 is 0 Å². The highest BCUT2D eigenvalue weighted by molar-refractivity contribution is 7.16. The lowest BCUT2D eigenvalue weighted by Crippen LogP contribution is -2.23. The van der Waals surface area contributed by atoms with Gasteiger partial charge in [0.2, 0.25) is 5.91 Å². The number of aromatic nitrogens is 1. The van der Waals surface area contributed by atoms with Crippen LogP contribution in [0.1, 0.15) is 36.6 Å². The monoisotopic (exact) mass is 347 g/mol. The van der Waals surface area contributed by atoms with E-state index in [1.807, 2.05) is 39.1 Å². The molecule has 2 N–H and O–H groups in total. The molecule has 0 spiro atoms. The van der Waals surface area contributed by atoms with Crippen LogP contribution in [-0.2, 0) is 4.79 Å². The quantitative estimate of drug-likeness (QED) is 0.867. The summed E-state index contributed by atoms with van der Waals surface area (Å²) in [5, 5.41) is 6.67. The van der Waals surface area contributed by atoms with Crippen molar-refractivity contribution in [2.75, 3.05) is 24.8 Å². The molecule has 1 aliphatic rings. The van der Waals surface area contributed by atoms with Crippen molar-refractivity contribution in [3.05, 3.63) is 28.6 Å². The number of hydrogen-bond acceptors (Lipinski definition) is 6. The van der Waals surface area contributed by atoms with E-state index in [0.717, 1.165) is 15.6 Å². The number of nitrogens with zero attached hydrogens (tertiary/aromatic N) is 1. The number of thiazole rings is 1. The molecule has 0 radical (unpaired) electrons.